The van der Waals surface area contributed by atoms with Crippen LogP contribution in [-0.2, 0) is 11.2 Å². The zero-order valence-corrected chi connectivity index (χ0v) is 8.51. The summed E-state index contributed by atoms with van der Waals surface area (Å²) in [6, 6.07) is 4.98. The summed E-state index contributed by atoms with van der Waals surface area (Å²) in [5, 5.41) is 0. The molecule has 2 amide bonds. The van der Waals surface area contributed by atoms with Crippen LogP contribution >= 0.6 is 9.39 Å². The quantitative estimate of drug-likeness (QED) is 0.385. The van der Waals surface area contributed by atoms with Gasteiger partial charge in [0, 0.05) is 11.3 Å². The highest BCUT2D eigenvalue weighted by atomic mass is 31.0. The predicted molar refractivity (Wildman–Crippen MR) is 55.4 cm³/mol. The van der Waals surface area contributed by atoms with E-state index in [1.165, 1.54) is 0 Å². The fourth-order valence-corrected chi connectivity index (χ4v) is 1.69. The molecule has 0 saturated carbocycles. The first-order valence-corrected chi connectivity index (χ1v) is 4.61. The van der Waals surface area contributed by atoms with Crippen LogP contribution < -0.4 is 5.73 Å². The Morgan fingerprint density at radius 1 is 1.36 bits per heavy atom. The summed E-state index contributed by atoms with van der Waals surface area (Å²) in [5.41, 5.74) is 7.39. The van der Waals surface area contributed by atoms with Gasteiger partial charge in [-0.15, -0.1) is 0 Å². The van der Waals surface area contributed by atoms with Crippen molar-refractivity contribution >= 4 is 26.9 Å². The molecule has 14 heavy (non-hydrogen) atoms. The van der Waals surface area contributed by atoms with E-state index in [2.05, 4.69) is 9.39 Å². The molecule has 2 rings (SSSR count). The topological polar surface area (TPSA) is 63.4 Å². The standard InChI is InChI=1S/C9H9N2O2P/c10-6-1-2-7-5(3-6)4-8(12)11(14)9(7)13/h1-3H,4,10,14H2. The summed E-state index contributed by atoms with van der Waals surface area (Å²) in [7, 11) is 2.12. The van der Waals surface area contributed by atoms with Gasteiger partial charge >= 0.3 is 0 Å². The summed E-state index contributed by atoms with van der Waals surface area (Å²) in [6.45, 7) is 0. The number of amides is 2. The molecule has 1 aliphatic rings. The van der Waals surface area contributed by atoms with Crippen LogP contribution in [0.4, 0.5) is 5.69 Å². The third kappa shape index (κ3) is 1.28. The Kier molecular flexibility index (Phi) is 2.01. The summed E-state index contributed by atoms with van der Waals surface area (Å²) in [4.78, 5) is 22.9. The van der Waals surface area contributed by atoms with Gasteiger partial charge in [0.25, 0.3) is 5.91 Å². The van der Waals surface area contributed by atoms with Gasteiger partial charge in [-0.1, -0.05) is 0 Å². The van der Waals surface area contributed by atoms with E-state index in [4.69, 9.17) is 5.73 Å². The number of fused-ring (bicyclic) bond motifs is 1. The number of nitrogen functional groups attached to an aromatic ring is 1. The Bertz CT molecular complexity index is 431. The first-order chi connectivity index (χ1) is 6.59. The molecule has 0 fully saturated rings. The van der Waals surface area contributed by atoms with E-state index in [-0.39, 0.29) is 18.2 Å². The lowest BCUT2D eigenvalue weighted by atomic mass is 9.99. The third-order valence-electron chi connectivity index (χ3n) is 2.19. The molecule has 0 radical (unpaired) electrons. The molecule has 1 atom stereocenters. The van der Waals surface area contributed by atoms with E-state index in [0.29, 0.717) is 16.8 Å². The maximum absolute atomic E-state index is 11.6. The van der Waals surface area contributed by atoms with Crippen molar-refractivity contribution in [1.29, 1.82) is 0 Å². The van der Waals surface area contributed by atoms with Crippen LogP contribution in [0.2, 0.25) is 0 Å². The molecule has 5 heteroatoms. The Labute approximate surface area is 83.3 Å². The van der Waals surface area contributed by atoms with Crippen LogP contribution in [0.25, 0.3) is 0 Å². The van der Waals surface area contributed by atoms with E-state index >= 15 is 0 Å². The molecule has 0 aliphatic carbocycles. The van der Waals surface area contributed by atoms with Crippen molar-refractivity contribution in [3.05, 3.63) is 29.3 Å². The Morgan fingerprint density at radius 2 is 2.07 bits per heavy atom. The van der Waals surface area contributed by atoms with Gasteiger partial charge in [0.05, 0.1) is 6.42 Å². The molecule has 72 valence electrons. The normalized spacial score (nSPS) is 15.6. The number of carbonyl (C=O) groups is 2. The van der Waals surface area contributed by atoms with Crippen molar-refractivity contribution in [3.8, 4) is 0 Å². The van der Waals surface area contributed by atoms with Gasteiger partial charge in [-0.25, -0.2) is 0 Å². The molecule has 1 aliphatic heterocycles. The van der Waals surface area contributed by atoms with E-state index in [1.807, 2.05) is 0 Å². The number of carbonyl (C=O) groups excluding carboxylic acids is 2. The molecule has 1 aromatic carbocycles. The SMILES string of the molecule is Nc1ccc2c(c1)CC(=O)N(P)C2=O. The number of benzene rings is 1. The molecular weight excluding hydrogens is 199 g/mol. The monoisotopic (exact) mass is 208 g/mol. The van der Waals surface area contributed by atoms with Gasteiger partial charge in [-0.2, -0.15) is 0 Å². The van der Waals surface area contributed by atoms with E-state index < -0.39 is 0 Å². The lowest BCUT2D eigenvalue weighted by molar-refractivity contribution is -0.124. The predicted octanol–water partition coefficient (Wildman–Crippen LogP) is 0.584. The smallest absolute Gasteiger partial charge is 0.263 e. The Balaban J connectivity index is 2.56. The van der Waals surface area contributed by atoms with Crippen LogP contribution in [0.15, 0.2) is 18.2 Å². The number of hydrogen-bond donors (Lipinski definition) is 1. The molecule has 2 N–H and O–H groups in total. The molecule has 1 unspecified atom stereocenters. The minimum atomic E-state index is -0.291. The van der Waals surface area contributed by atoms with Crippen molar-refractivity contribution < 1.29 is 9.59 Å². The third-order valence-corrected chi connectivity index (χ3v) is 2.71. The van der Waals surface area contributed by atoms with Crippen molar-refractivity contribution in [2.75, 3.05) is 5.73 Å². The van der Waals surface area contributed by atoms with Crippen molar-refractivity contribution in [2.24, 2.45) is 0 Å². The minimum absolute atomic E-state index is 0.224. The molecule has 0 saturated heterocycles. The molecule has 1 aromatic rings. The van der Waals surface area contributed by atoms with E-state index in [1.54, 1.807) is 18.2 Å². The number of anilines is 1. The van der Waals surface area contributed by atoms with Crippen LogP contribution in [0.3, 0.4) is 0 Å². The summed E-state index contributed by atoms with van der Waals surface area (Å²) >= 11 is 0. The van der Waals surface area contributed by atoms with Gasteiger partial charge in [-0.3, -0.25) is 14.3 Å². The van der Waals surface area contributed by atoms with Crippen LogP contribution in [0.5, 0.6) is 0 Å². The van der Waals surface area contributed by atoms with Crippen LogP contribution in [0, 0.1) is 0 Å². The largest absolute Gasteiger partial charge is 0.399 e. The lowest BCUT2D eigenvalue weighted by Gasteiger charge is -2.22. The fourth-order valence-electron chi connectivity index (χ4n) is 1.46. The van der Waals surface area contributed by atoms with Gasteiger partial charge in [0.15, 0.2) is 0 Å². The number of hydrogen-bond acceptors (Lipinski definition) is 3. The van der Waals surface area contributed by atoms with Gasteiger partial charge in [0.2, 0.25) is 5.91 Å². The Hall–Kier alpha value is -1.41. The van der Waals surface area contributed by atoms with E-state index in [0.717, 1.165) is 4.67 Å². The zero-order chi connectivity index (χ0) is 10.3. The second kappa shape index (κ2) is 3.07. The average Bonchev–Trinajstić information content (AvgIpc) is 2.14. The maximum Gasteiger partial charge on any atom is 0.263 e. The molecule has 0 spiro atoms. The van der Waals surface area contributed by atoms with E-state index in [9.17, 15) is 9.59 Å². The highest BCUT2D eigenvalue weighted by molar-refractivity contribution is 7.16. The number of nitrogens with two attached hydrogens (primary N) is 1. The molecule has 0 bridgehead atoms. The first kappa shape index (κ1) is 9.16. The zero-order valence-electron chi connectivity index (χ0n) is 7.36. The Morgan fingerprint density at radius 3 is 2.79 bits per heavy atom. The number of imide groups is 1. The maximum atomic E-state index is 11.6. The molecule has 0 aromatic heterocycles. The second-order valence-electron chi connectivity index (χ2n) is 3.16. The highest BCUT2D eigenvalue weighted by Crippen LogP contribution is 2.23. The van der Waals surface area contributed by atoms with Gasteiger partial charge < -0.3 is 5.73 Å². The number of rotatable bonds is 0. The second-order valence-corrected chi connectivity index (χ2v) is 3.68. The summed E-state index contributed by atoms with van der Waals surface area (Å²) in [5.74, 6) is -0.514. The highest BCUT2D eigenvalue weighted by Gasteiger charge is 2.27. The molecule has 1 heterocycles. The summed E-state index contributed by atoms with van der Waals surface area (Å²) in [6.07, 6.45) is 0.232. The van der Waals surface area contributed by atoms with Crippen LogP contribution in [-0.4, -0.2) is 16.5 Å². The molecular formula is C9H9N2O2P. The van der Waals surface area contributed by atoms with Crippen molar-refractivity contribution in [3.63, 3.8) is 0 Å². The lowest BCUT2D eigenvalue weighted by Crippen LogP contribution is -2.34. The minimum Gasteiger partial charge on any atom is -0.399 e. The fraction of sp³-hybridized carbons (Fsp3) is 0.111. The summed E-state index contributed by atoms with van der Waals surface area (Å²) < 4.78 is 1.05. The molecule has 4 nitrogen and oxygen atoms in total. The number of nitrogens with zero attached hydrogens (tertiary/aromatic N) is 1. The first-order valence-electron chi connectivity index (χ1n) is 4.10. The average molecular weight is 208 g/mol. The van der Waals surface area contributed by atoms with Gasteiger partial charge in [0.1, 0.15) is 0 Å². The van der Waals surface area contributed by atoms with Crippen LogP contribution in [0.1, 0.15) is 15.9 Å². The van der Waals surface area contributed by atoms with Gasteiger partial charge in [-0.05, 0) is 33.2 Å². The van der Waals surface area contributed by atoms with Crippen molar-refractivity contribution in [1.82, 2.24) is 4.67 Å². The van der Waals surface area contributed by atoms with Crippen molar-refractivity contribution in [2.45, 2.75) is 6.42 Å².